The zero-order valence-electron chi connectivity index (χ0n) is 13.3. The second-order valence-electron chi connectivity index (χ2n) is 5.42. The molecule has 0 aliphatic carbocycles. The van der Waals surface area contributed by atoms with Crippen LogP contribution >= 0.6 is 0 Å². The average molecular weight is 284 g/mol. The third-order valence-electron chi connectivity index (χ3n) is 3.95. The van der Waals surface area contributed by atoms with Crippen LogP contribution in [0.3, 0.4) is 0 Å². The van der Waals surface area contributed by atoms with E-state index in [2.05, 4.69) is 56.1 Å². The van der Waals surface area contributed by atoms with Crippen molar-refractivity contribution >= 4 is 5.69 Å². The van der Waals surface area contributed by atoms with E-state index in [1.54, 1.807) is 7.11 Å². The lowest BCUT2D eigenvalue weighted by Crippen LogP contribution is -2.31. The number of hydrogen-bond acceptors (Lipinski definition) is 3. The number of hydrogen-bond donors (Lipinski definition) is 1. The van der Waals surface area contributed by atoms with Gasteiger partial charge in [0.25, 0.3) is 0 Å². The first-order valence-electron chi connectivity index (χ1n) is 7.21. The zero-order valence-corrected chi connectivity index (χ0v) is 13.3. The van der Waals surface area contributed by atoms with Crippen LogP contribution in [0.25, 0.3) is 0 Å². The molecule has 1 atom stereocenters. The number of nitrogens with two attached hydrogens (primary N) is 1. The van der Waals surface area contributed by atoms with E-state index in [1.807, 2.05) is 12.1 Å². The lowest BCUT2D eigenvalue weighted by Gasteiger charge is -2.31. The summed E-state index contributed by atoms with van der Waals surface area (Å²) < 4.78 is 5.21. The molecule has 2 aromatic rings. The Kier molecular flexibility index (Phi) is 4.86. The van der Waals surface area contributed by atoms with Gasteiger partial charge < -0.3 is 15.4 Å². The van der Waals surface area contributed by atoms with E-state index in [9.17, 15) is 0 Å². The molecule has 3 nitrogen and oxygen atoms in total. The van der Waals surface area contributed by atoms with Gasteiger partial charge in [0.05, 0.1) is 13.2 Å². The second-order valence-corrected chi connectivity index (χ2v) is 5.42. The Morgan fingerprint density at radius 1 is 1.10 bits per heavy atom. The highest BCUT2D eigenvalue weighted by Gasteiger charge is 2.18. The van der Waals surface area contributed by atoms with Gasteiger partial charge in [-0.15, -0.1) is 0 Å². The molecule has 2 rings (SSSR count). The first-order valence-corrected chi connectivity index (χ1v) is 7.21. The molecule has 2 N–H and O–H groups in total. The molecule has 2 aromatic carbocycles. The molecule has 0 saturated heterocycles. The molecule has 0 bridgehead atoms. The van der Waals surface area contributed by atoms with Gasteiger partial charge in [-0.3, -0.25) is 0 Å². The quantitative estimate of drug-likeness (QED) is 0.914. The number of methoxy groups -OCH3 is 1. The SMILES string of the molecule is COc1ccc(N(C)C(CN)c2ccc(C)cc2C)cc1. The van der Waals surface area contributed by atoms with Crippen molar-refractivity contribution in [3.8, 4) is 5.75 Å². The van der Waals surface area contributed by atoms with E-state index >= 15 is 0 Å². The Morgan fingerprint density at radius 2 is 1.76 bits per heavy atom. The maximum absolute atomic E-state index is 6.04. The Hall–Kier alpha value is -2.00. The normalized spacial score (nSPS) is 12.0. The summed E-state index contributed by atoms with van der Waals surface area (Å²) in [6.45, 7) is 4.83. The third-order valence-corrected chi connectivity index (χ3v) is 3.95. The number of ether oxygens (including phenoxy) is 1. The van der Waals surface area contributed by atoms with Crippen molar-refractivity contribution in [1.82, 2.24) is 0 Å². The smallest absolute Gasteiger partial charge is 0.119 e. The van der Waals surface area contributed by atoms with Crippen molar-refractivity contribution in [3.05, 3.63) is 59.2 Å². The first-order chi connectivity index (χ1) is 10.1. The molecule has 1 unspecified atom stereocenters. The summed E-state index contributed by atoms with van der Waals surface area (Å²) in [5.41, 5.74) is 11.0. The summed E-state index contributed by atoms with van der Waals surface area (Å²) >= 11 is 0. The van der Waals surface area contributed by atoms with E-state index in [0.717, 1.165) is 11.4 Å². The highest BCUT2D eigenvalue weighted by atomic mass is 16.5. The van der Waals surface area contributed by atoms with Gasteiger partial charge in [-0.05, 0) is 49.2 Å². The van der Waals surface area contributed by atoms with E-state index in [4.69, 9.17) is 10.5 Å². The molecular weight excluding hydrogens is 260 g/mol. The van der Waals surface area contributed by atoms with Crippen LogP contribution in [0.15, 0.2) is 42.5 Å². The predicted molar refractivity (Wildman–Crippen MR) is 89.1 cm³/mol. The van der Waals surface area contributed by atoms with Crippen LogP contribution in [0.5, 0.6) is 5.75 Å². The van der Waals surface area contributed by atoms with Crippen molar-refractivity contribution in [2.24, 2.45) is 5.73 Å². The molecule has 0 amide bonds. The molecule has 0 aromatic heterocycles. The van der Waals surface area contributed by atoms with Gasteiger partial charge in [-0.1, -0.05) is 23.8 Å². The van der Waals surface area contributed by atoms with Crippen LogP contribution in [0.1, 0.15) is 22.7 Å². The van der Waals surface area contributed by atoms with Gasteiger partial charge in [0, 0.05) is 19.3 Å². The fraction of sp³-hybridized carbons (Fsp3) is 0.333. The lowest BCUT2D eigenvalue weighted by molar-refractivity contribution is 0.415. The summed E-state index contributed by atoms with van der Waals surface area (Å²) in [6.07, 6.45) is 0. The topological polar surface area (TPSA) is 38.5 Å². The van der Waals surface area contributed by atoms with Gasteiger partial charge >= 0.3 is 0 Å². The van der Waals surface area contributed by atoms with E-state index < -0.39 is 0 Å². The lowest BCUT2D eigenvalue weighted by atomic mass is 9.98. The zero-order chi connectivity index (χ0) is 15.4. The summed E-state index contributed by atoms with van der Waals surface area (Å²) in [7, 11) is 3.76. The number of aryl methyl sites for hydroxylation is 2. The van der Waals surface area contributed by atoms with Gasteiger partial charge in [0.1, 0.15) is 5.75 Å². The standard InChI is InChI=1S/C18H24N2O/c1-13-5-10-17(14(2)11-13)18(12-19)20(3)15-6-8-16(21-4)9-7-15/h5-11,18H,12,19H2,1-4H3. The average Bonchev–Trinajstić information content (AvgIpc) is 2.50. The molecule has 0 heterocycles. The molecule has 3 heteroatoms. The number of likely N-dealkylation sites (N-methyl/N-ethyl adjacent to an activating group) is 1. The van der Waals surface area contributed by atoms with Crippen LogP contribution in [-0.2, 0) is 0 Å². The largest absolute Gasteiger partial charge is 0.497 e. The molecule has 21 heavy (non-hydrogen) atoms. The number of anilines is 1. The predicted octanol–water partition coefficient (Wildman–Crippen LogP) is 3.45. The highest BCUT2D eigenvalue weighted by molar-refractivity contribution is 5.51. The molecule has 112 valence electrons. The van der Waals surface area contributed by atoms with Crippen molar-refractivity contribution in [1.29, 1.82) is 0 Å². The Morgan fingerprint density at radius 3 is 2.29 bits per heavy atom. The molecular formula is C18H24N2O. The van der Waals surface area contributed by atoms with Crippen LogP contribution in [0, 0.1) is 13.8 Å². The Labute approximate surface area is 127 Å². The molecule has 0 fully saturated rings. The molecule has 0 radical (unpaired) electrons. The summed E-state index contributed by atoms with van der Waals surface area (Å²) in [4.78, 5) is 2.22. The maximum Gasteiger partial charge on any atom is 0.119 e. The van der Waals surface area contributed by atoms with Crippen LogP contribution in [-0.4, -0.2) is 20.7 Å². The van der Waals surface area contributed by atoms with E-state index in [-0.39, 0.29) is 6.04 Å². The minimum absolute atomic E-state index is 0.166. The minimum atomic E-state index is 0.166. The fourth-order valence-corrected chi connectivity index (χ4v) is 2.69. The van der Waals surface area contributed by atoms with Gasteiger partial charge in [-0.2, -0.15) is 0 Å². The first kappa shape index (κ1) is 15.4. The van der Waals surface area contributed by atoms with E-state index in [0.29, 0.717) is 6.54 Å². The molecule has 0 aliphatic rings. The Bertz CT molecular complexity index is 593. The minimum Gasteiger partial charge on any atom is -0.497 e. The maximum atomic E-state index is 6.04. The fourth-order valence-electron chi connectivity index (χ4n) is 2.69. The highest BCUT2D eigenvalue weighted by Crippen LogP contribution is 2.28. The molecule has 0 spiro atoms. The van der Waals surface area contributed by atoms with Crippen molar-refractivity contribution in [3.63, 3.8) is 0 Å². The monoisotopic (exact) mass is 284 g/mol. The van der Waals surface area contributed by atoms with Crippen molar-refractivity contribution < 1.29 is 4.74 Å². The van der Waals surface area contributed by atoms with Crippen molar-refractivity contribution in [2.45, 2.75) is 19.9 Å². The van der Waals surface area contributed by atoms with E-state index in [1.165, 1.54) is 16.7 Å². The van der Waals surface area contributed by atoms with Gasteiger partial charge in [-0.25, -0.2) is 0 Å². The van der Waals surface area contributed by atoms with Crippen LogP contribution < -0.4 is 15.4 Å². The molecule has 0 saturated carbocycles. The third kappa shape index (κ3) is 3.37. The van der Waals surface area contributed by atoms with Gasteiger partial charge in [0.2, 0.25) is 0 Å². The number of rotatable bonds is 5. The van der Waals surface area contributed by atoms with Crippen molar-refractivity contribution in [2.75, 3.05) is 25.6 Å². The Balaban J connectivity index is 2.30. The summed E-state index contributed by atoms with van der Waals surface area (Å²) in [6, 6.07) is 14.8. The summed E-state index contributed by atoms with van der Waals surface area (Å²) in [5.74, 6) is 0.864. The van der Waals surface area contributed by atoms with Crippen LogP contribution in [0.4, 0.5) is 5.69 Å². The van der Waals surface area contributed by atoms with Gasteiger partial charge in [0.15, 0.2) is 0 Å². The number of nitrogens with zero attached hydrogens (tertiary/aromatic N) is 1. The second kappa shape index (κ2) is 6.64. The number of benzene rings is 2. The van der Waals surface area contributed by atoms with Crippen LogP contribution in [0.2, 0.25) is 0 Å². The summed E-state index contributed by atoms with van der Waals surface area (Å²) in [5, 5.41) is 0. The molecule has 0 aliphatic heterocycles.